The van der Waals surface area contributed by atoms with Crippen LogP contribution in [0.1, 0.15) is 30.6 Å². The number of ether oxygens (including phenoxy) is 1. The maximum absolute atomic E-state index is 13.1. The van der Waals surface area contributed by atoms with Crippen molar-refractivity contribution >= 4 is 17.6 Å². The Morgan fingerprint density at radius 1 is 1.25 bits per heavy atom. The van der Waals surface area contributed by atoms with Crippen LogP contribution in [0.15, 0.2) is 47.0 Å². The maximum Gasteiger partial charge on any atom is 0.239 e. The van der Waals surface area contributed by atoms with Crippen molar-refractivity contribution in [3.8, 4) is 5.75 Å². The number of anilines is 1. The molecule has 2 aliphatic heterocycles. The highest BCUT2D eigenvalue weighted by Crippen LogP contribution is 2.36. The molecule has 8 heteroatoms. The Balaban J connectivity index is 1.36. The molecular weight excluding hydrogens is 408 g/mol. The Morgan fingerprint density at radius 3 is 2.84 bits per heavy atom. The number of rotatable bonds is 3. The fraction of sp³-hybridized carbons (Fsp3) is 0.458. The quantitative estimate of drug-likeness (QED) is 0.716. The van der Waals surface area contributed by atoms with Crippen LogP contribution in [-0.4, -0.2) is 54.7 Å². The van der Waals surface area contributed by atoms with Crippen LogP contribution < -0.4 is 15.4 Å². The van der Waals surface area contributed by atoms with E-state index >= 15 is 0 Å². The van der Waals surface area contributed by atoms with Gasteiger partial charge in [-0.05, 0) is 57.3 Å². The number of nitrogens with zero attached hydrogens (tertiary/aromatic N) is 2. The van der Waals surface area contributed by atoms with Crippen LogP contribution in [-0.2, 0) is 16.0 Å². The van der Waals surface area contributed by atoms with E-state index in [4.69, 9.17) is 9.26 Å². The molecule has 8 nitrogen and oxygen atoms in total. The number of likely N-dealkylation sites (tertiary alicyclic amines) is 1. The number of carbonyl (C=O) groups is 2. The molecule has 0 saturated carbocycles. The van der Waals surface area contributed by atoms with Crippen molar-refractivity contribution in [2.75, 3.05) is 38.1 Å². The van der Waals surface area contributed by atoms with Crippen LogP contribution in [0.5, 0.6) is 5.75 Å². The number of carbonyl (C=O) groups excluding carboxylic acids is 2. The van der Waals surface area contributed by atoms with Gasteiger partial charge in [0.15, 0.2) is 5.82 Å². The second kappa shape index (κ2) is 9.99. The summed E-state index contributed by atoms with van der Waals surface area (Å²) in [5.41, 5.74) is 0.693. The molecule has 3 heterocycles. The highest BCUT2D eigenvalue weighted by atomic mass is 16.5. The largest absolute Gasteiger partial charge is 0.491 e. The molecule has 1 aromatic carbocycles. The standard InChI is InChI=1S/C24H30N4O4/c1-18-16-21(27-32-18)26-22(29)17-28-13-10-24(11-14-28)9-5-4-7-19-6-2-3-8-20(19)31-15-12-25-23(24)30/h2-6,8,16H,7,9-15,17H2,1H3,(H,25,30)(H,26,27,29)/b5-4+. The summed E-state index contributed by atoms with van der Waals surface area (Å²) in [6, 6.07) is 9.70. The summed E-state index contributed by atoms with van der Waals surface area (Å²) in [5.74, 6) is 1.88. The monoisotopic (exact) mass is 438 g/mol. The van der Waals surface area contributed by atoms with E-state index in [0.29, 0.717) is 57.1 Å². The van der Waals surface area contributed by atoms with Crippen LogP contribution in [0.2, 0.25) is 0 Å². The minimum atomic E-state index is -0.453. The van der Waals surface area contributed by atoms with Crippen molar-refractivity contribution < 1.29 is 18.8 Å². The van der Waals surface area contributed by atoms with Crippen LogP contribution in [0.25, 0.3) is 0 Å². The number of piperidine rings is 1. The number of aryl methyl sites for hydroxylation is 1. The molecule has 170 valence electrons. The summed E-state index contributed by atoms with van der Waals surface area (Å²) >= 11 is 0. The molecule has 2 N–H and O–H groups in total. The van der Waals surface area contributed by atoms with Gasteiger partial charge in [0.25, 0.3) is 0 Å². The minimum absolute atomic E-state index is 0.0711. The van der Waals surface area contributed by atoms with Crippen molar-refractivity contribution in [3.63, 3.8) is 0 Å². The van der Waals surface area contributed by atoms with Crippen LogP contribution in [0.4, 0.5) is 5.82 Å². The lowest BCUT2D eigenvalue weighted by Crippen LogP contribution is -2.50. The summed E-state index contributed by atoms with van der Waals surface area (Å²) in [6.07, 6.45) is 7.13. The molecule has 2 aliphatic rings. The van der Waals surface area contributed by atoms with Gasteiger partial charge in [0.2, 0.25) is 11.8 Å². The zero-order valence-electron chi connectivity index (χ0n) is 18.4. The van der Waals surface area contributed by atoms with E-state index in [9.17, 15) is 9.59 Å². The summed E-state index contributed by atoms with van der Waals surface area (Å²) in [6.45, 7) is 4.33. The highest BCUT2D eigenvalue weighted by Gasteiger charge is 2.40. The zero-order valence-corrected chi connectivity index (χ0v) is 18.4. The van der Waals surface area contributed by atoms with Crippen molar-refractivity contribution in [1.29, 1.82) is 0 Å². The van der Waals surface area contributed by atoms with Crippen LogP contribution in [0, 0.1) is 12.3 Å². The Bertz CT molecular complexity index is 976. The first-order valence-electron chi connectivity index (χ1n) is 11.1. The number of amides is 2. The first-order chi connectivity index (χ1) is 15.5. The number of aromatic nitrogens is 1. The number of hydrogen-bond donors (Lipinski definition) is 2. The summed E-state index contributed by atoms with van der Waals surface area (Å²) < 4.78 is 10.9. The lowest BCUT2D eigenvalue weighted by Gasteiger charge is -2.40. The van der Waals surface area contributed by atoms with E-state index in [0.717, 1.165) is 17.7 Å². The average Bonchev–Trinajstić information content (AvgIpc) is 3.19. The molecule has 2 amide bonds. The smallest absolute Gasteiger partial charge is 0.239 e. The molecule has 1 fully saturated rings. The molecule has 32 heavy (non-hydrogen) atoms. The molecule has 0 bridgehead atoms. The predicted octanol–water partition coefficient (Wildman–Crippen LogP) is 2.70. The van der Waals surface area contributed by atoms with Gasteiger partial charge >= 0.3 is 0 Å². The average molecular weight is 439 g/mol. The SMILES string of the molecule is Cc1cc(NC(=O)CN2CCC3(C/C=C/Cc4ccccc4OCCNC3=O)CC2)no1. The van der Waals surface area contributed by atoms with E-state index in [1.165, 1.54) is 0 Å². The Hall–Kier alpha value is -3.13. The molecule has 2 aromatic rings. The molecular formula is C24H30N4O4. The topological polar surface area (TPSA) is 96.7 Å². The van der Waals surface area contributed by atoms with Crippen LogP contribution in [0.3, 0.4) is 0 Å². The van der Waals surface area contributed by atoms with Crippen LogP contribution >= 0.6 is 0 Å². The molecule has 0 atom stereocenters. The number of para-hydroxylation sites is 1. The van der Waals surface area contributed by atoms with E-state index in [-0.39, 0.29) is 18.4 Å². The first-order valence-corrected chi connectivity index (χ1v) is 11.1. The minimum Gasteiger partial charge on any atom is -0.491 e. The second-order valence-electron chi connectivity index (χ2n) is 8.52. The molecule has 0 aliphatic carbocycles. The number of fused-ring (bicyclic) bond motifs is 1. The van der Waals surface area contributed by atoms with Gasteiger partial charge in [-0.3, -0.25) is 14.5 Å². The molecule has 1 aromatic heterocycles. The van der Waals surface area contributed by atoms with Gasteiger partial charge in [-0.25, -0.2) is 0 Å². The predicted molar refractivity (Wildman–Crippen MR) is 120 cm³/mol. The van der Waals surface area contributed by atoms with Crippen molar-refractivity contribution in [2.24, 2.45) is 5.41 Å². The van der Waals surface area contributed by atoms with Crippen molar-refractivity contribution in [3.05, 3.63) is 53.8 Å². The molecule has 0 radical (unpaired) electrons. The lowest BCUT2D eigenvalue weighted by atomic mass is 9.74. The molecule has 0 unspecified atom stereocenters. The summed E-state index contributed by atoms with van der Waals surface area (Å²) in [7, 11) is 0. The van der Waals surface area contributed by atoms with Gasteiger partial charge in [-0.15, -0.1) is 0 Å². The van der Waals surface area contributed by atoms with Crippen molar-refractivity contribution in [1.82, 2.24) is 15.4 Å². The Kier molecular flexibility index (Phi) is 6.90. The van der Waals surface area contributed by atoms with Gasteiger partial charge < -0.3 is 19.9 Å². The van der Waals surface area contributed by atoms with E-state index < -0.39 is 5.41 Å². The second-order valence-corrected chi connectivity index (χ2v) is 8.52. The fourth-order valence-electron chi connectivity index (χ4n) is 4.32. The normalized spacial score (nSPS) is 20.2. The Labute approximate surface area is 188 Å². The van der Waals surface area contributed by atoms with Gasteiger partial charge in [-0.2, -0.15) is 0 Å². The summed E-state index contributed by atoms with van der Waals surface area (Å²) in [4.78, 5) is 27.5. The number of hydrogen-bond acceptors (Lipinski definition) is 6. The molecule has 4 rings (SSSR count). The summed E-state index contributed by atoms with van der Waals surface area (Å²) in [5, 5.41) is 9.62. The van der Waals surface area contributed by atoms with E-state index in [2.05, 4.69) is 38.9 Å². The lowest BCUT2D eigenvalue weighted by molar-refractivity contribution is -0.134. The van der Waals surface area contributed by atoms with E-state index in [1.807, 2.05) is 18.2 Å². The first kappa shape index (κ1) is 22.1. The fourth-order valence-corrected chi connectivity index (χ4v) is 4.32. The number of nitrogens with one attached hydrogen (secondary N) is 2. The maximum atomic E-state index is 13.1. The van der Waals surface area contributed by atoms with Gasteiger partial charge in [-0.1, -0.05) is 35.5 Å². The van der Waals surface area contributed by atoms with Gasteiger partial charge in [0, 0.05) is 6.07 Å². The highest BCUT2D eigenvalue weighted by molar-refractivity contribution is 5.91. The van der Waals surface area contributed by atoms with Gasteiger partial charge in [0.1, 0.15) is 18.1 Å². The third kappa shape index (κ3) is 5.37. The van der Waals surface area contributed by atoms with Gasteiger partial charge in [0.05, 0.1) is 18.5 Å². The third-order valence-corrected chi connectivity index (χ3v) is 6.19. The van der Waals surface area contributed by atoms with Crippen molar-refractivity contribution in [2.45, 2.75) is 32.6 Å². The number of allylic oxidation sites excluding steroid dienone is 2. The Morgan fingerprint density at radius 2 is 2.06 bits per heavy atom. The molecule has 1 spiro atoms. The third-order valence-electron chi connectivity index (χ3n) is 6.19. The number of benzene rings is 1. The van der Waals surface area contributed by atoms with E-state index in [1.54, 1.807) is 13.0 Å². The molecule has 1 saturated heterocycles. The zero-order chi connectivity index (χ0) is 22.4.